The van der Waals surface area contributed by atoms with Gasteiger partial charge in [0.15, 0.2) is 0 Å². The summed E-state index contributed by atoms with van der Waals surface area (Å²) in [4.78, 5) is 0. The van der Waals surface area contributed by atoms with E-state index in [1.807, 2.05) is 13.8 Å². The lowest BCUT2D eigenvalue weighted by Crippen LogP contribution is -2.31. The van der Waals surface area contributed by atoms with E-state index in [9.17, 15) is 0 Å². The Hall–Kier alpha value is -1.32. The van der Waals surface area contributed by atoms with E-state index >= 15 is 0 Å². The monoisotopic (exact) mass is 246 g/mol. The normalized spacial score (nSPS) is 24.6. The largest absolute Gasteiger partial charge is 0.159 e. The smallest absolute Gasteiger partial charge is 0.0522 e. The molecule has 2 heterocycles. The van der Waals surface area contributed by atoms with Crippen LogP contribution in [0.3, 0.4) is 0 Å². The summed E-state index contributed by atoms with van der Waals surface area (Å²) >= 11 is 0. The molecule has 4 nitrogen and oxygen atoms in total. The maximum atomic E-state index is 4.31. The van der Waals surface area contributed by atoms with E-state index in [-0.39, 0.29) is 10.8 Å². The highest BCUT2D eigenvalue weighted by atomic mass is 15.3. The number of hydrogen-bond acceptors (Lipinski definition) is 4. The molecule has 0 saturated heterocycles. The van der Waals surface area contributed by atoms with E-state index in [4.69, 9.17) is 0 Å². The zero-order valence-electron chi connectivity index (χ0n) is 12.2. The van der Waals surface area contributed by atoms with Crippen LogP contribution in [0.5, 0.6) is 0 Å². The summed E-state index contributed by atoms with van der Waals surface area (Å²) in [5.41, 5.74) is 4.50. The van der Waals surface area contributed by atoms with Gasteiger partial charge in [-0.25, -0.2) is 0 Å². The van der Waals surface area contributed by atoms with E-state index in [0.29, 0.717) is 0 Å². The minimum Gasteiger partial charge on any atom is -0.159 e. The predicted octanol–water partition coefficient (Wildman–Crippen LogP) is 3.48. The summed E-state index contributed by atoms with van der Waals surface area (Å²) < 4.78 is 0. The lowest BCUT2D eigenvalue weighted by Gasteiger charge is -2.23. The standard InChI is InChI=1S/C14H22N4/c1-9-13(3,4)11(17-15-9)7-8-12-14(5,6)10(2)16-18-12/h7-8H2,1-6H3. The first-order valence-corrected chi connectivity index (χ1v) is 6.50. The first-order valence-electron chi connectivity index (χ1n) is 6.50. The first-order chi connectivity index (χ1) is 8.26. The molecular formula is C14H22N4. The number of rotatable bonds is 3. The first kappa shape index (κ1) is 13.1. The third-order valence-corrected chi connectivity index (χ3v) is 4.49. The topological polar surface area (TPSA) is 49.4 Å². The molecule has 98 valence electrons. The Labute approximate surface area is 109 Å². The molecule has 0 fully saturated rings. The van der Waals surface area contributed by atoms with Gasteiger partial charge in [-0.2, -0.15) is 20.4 Å². The molecule has 0 spiro atoms. The summed E-state index contributed by atoms with van der Waals surface area (Å²) in [5, 5.41) is 17.0. The van der Waals surface area contributed by atoms with Gasteiger partial charge < -0.3 is 0 Å². The quantitative estimate of drug-likeness (QED) is 0.732. The van der Waals surface area contributed by atoms with Crippen molar-refractivity contribution in [1.29, 1.82) is 0 Å². The third-order valence-electron chi connectivity index (χ3n) is 4.49. The van der Waals surface area contributed by atoms with Gasteiger partial charge in [0, 0.05) is 22.3 Å². The van der Waals surface area contributed by atoms with Gasteiger partial charge in [-0.15, -0.1) is 0 Å². The second-order valence-corrected chi connectivity index (χ2v) is 6.21. The Balaban J connectivity index is 2.00. The fourth-order valence-electron chi connectivity index (χ4n) is 2.15. The van der Waals surface area contributed by atoms with Crippen molar-refractivity contribution >= 4 is 22.8 Å². The maximum absolute atomic E-state index is 4.31. The fourth-order valence-corrected chi connectivity index (χ4v) is 2.15. The molecule has 4 heteroatoms. The third kappa shape index (κ3) is 1.93. The zero-order valence-corrected chi connectivity index (χ0v) is 12.2. The SMILES string of the molecule is CC1=NN=C(CCC2=NN=C(C)C2(C)C)C1(C)C. The van der Waals surface area contributed by atoms with Gasteiger partial charge >= 0.3 is 0 Å². The maximum Gasteiger partial charge on any atom is 0.0522 e. The molecule has 0 saturated carbocycles. The molecule has 0 aromatic carbocycles. The van der Waals surface area contributed by atoms with E-state index < -0.39 is 0 Å². The van der Waals surface area contributed by atoms with Crippen molar-refractivity contribution in [3.63, 3.8) is 0 Å². The molecular weight excluding hydrogens is 224 g/mol. The van der Waals surface area contributed by atoms with E-state index in [1.165, 1.54) is 0 Å². The Kier molecular flexibility index (Phi) is 2.99. The molecule has 0 aromatic heterocycles. The highest BCUT2D eigenvalue weighted by Crippen LogP contribution is 2.32. The molecule has 0 N–H and O–H groups in total. The van der Waals surface area contributed by atoms with Gasteiger partial charge in [-0.05, 0) is 54.4 Å². The van der Waals surface area contributed by atoms with Crippen molar-refractivity contribution in [1.82, 2.24) is 0 Å². The molecule has 0 aromatic rings. The molecule has 18 heavy (non-hydrogen) atoms. The van der Waals surface area contributed by atoms with Crippen LogP contribution in [0.15, 0.2) is 20.4 Å². The number of nitrogens with zero attached hydrogens (tertiary/aromatic N) is 4. The average molecular weight is 246 g/mol. The van der Waals surface area contributed by atoms with Crippen molar-refractivity contribution in [3.8, 4) is 0 Å². The highest BCUT2D eigenvalue weighted by molar-refractivity contribution is 6.16. The van der Waals surface area contributed by atoms with Gasteiger partial charge in [0.05, 0.1) is 11.4 Å². The van der Waals surface area contributed by atoms with E-state index in [2.05, 4.69) is 48.1 Å². The van der Waals surface area contributed by atoms with Crippen LogP contribution in [0.2, 0.25) is 0 Å². The van der Waals surface area contributed by atoms with E-state index in [1.54, 1.807) is 0 Å². The van der Waals surface area contributed by atoms with Crippen LogP contribution in [0.4, 0.5) is 0 Å². The summed E-state index contributed by atoms with van der Waals surface area (Å²) in [6, 6.07) is 0. The van der Waals surface area contributed by atoms with Gasteiger partial charge in [0.1, 0.15) is 0 Å². The van der Waals surface area contributed by atoms with Crippen LogP contribution in [-0.4, -0.2) is 22.8 Å². The summed E-state index contributed by atoms with van der Waals surface area (Å²) in [6.07, 6.45) is 1.83. The fraction of sp³-hybridized carbons (Fsp3) is 0.714. The van der Waals surface area contributed by atoms with Gasteiger partial charge in [0.2, 0.25) is 0 Å². The van der Waals surface area contributed by atoms with Crippen LogP contribution in [0, 0.1) is 10.8 Å². The van der Waals surface area contributed by atoms with Crippen molar-refractivity contribution in [2.75, 3.05) is 0 Å². The van der Waals surface area contributed by atoms with Crippen LogP contribution >= 0.6 is 0 Å². The minimum atomic E-state index is -0.000785. The Bertz CT molecular complexity index is 444. The average Bonchev–Trinajstić information content (AvgIpc) is 2.67. The van der Waals surface area contributed by atoms with Crippen molar-refractivity contribution in [3.05, 3.63) is 0 Å². The summed E-state index contributed by atoms with van der Waals surface area (Å²) in [5.74, 6) is 0. The van der Waals surface area contributed by atoms with Crippen molar-refractivity contribution in [2.24, 2.45) is 31.2 Å². The van der Waals surface area contributed by atoms with Crippen molar-refractivity contribution in [2.45, 2.75) is 54.4 Å². The van der Waals surface area contributed by atoms with Gasteiger partial charge in [-0.1, -0.05) is 0 Å². The van der Waals surface area contributed by atoms with Gasteiger partial charge in [-0.3, -0.25) is 0 Å². The minimum absolute atomic E-state index is 0.000785. The number of hydrogen-bond donors (Lipinski definition) is 0. The van der Waals surface area contributed by atoms with Crippen LogP contribution in [0.1, 0.15) is 54.4 Å². The molecule has 0 radical (unpaired) electrons. The molecule has 0 bridgehead atoms. The summed E-state index contributed by atoms with van der Waals surface area (Å²) in [6.45, 7) is 12.8. The summed E-state index contributed by atoms with van der Waals surface area (Å²) in [7, 11) is 0. The molecule has 0 atom stereocenters. The van der Waals surface area contributed by atoms with Crippen LogP contribution in [0.25, 0.3) is 0 Å². The lowest BCUT2D eigenvalue weighted by atomic mass is 9.78. The van der Waals surface area contributed by atoms with Gasteiger partial charge in [0.25, 0.3) is 0 Å². The molecule has 2 rings (SSSR count). The Morgan fingerprint density at radius 3 is 1.22 bits per heavy atom. The van der Waals surface area contributed by atoms with Crippen LogP contribution in [-0.2, 0) is 0 Å². The Morgan fingerprint density at radius 1 is 0.667 bits per heavy atom. The van der Waals surface area contributed by atoms with E-state index in [0.717, 1.165) is 35.7 Å². The van der Waals surface area contributed by atoms with Crippen molar-refractivity contribution < 1.29 is 0 Å². The predicted molar refractivity (Wildman–Crippen MR) is 77.9 cm³/mol. The zero-order chi connectivity index (χ0) is 13.6. The molecule has 0 unspecified atom stereocenters. The second-order valence-electron chi connectivity index (χ2n) is 6.21. The lowest BCUT2D eigenvalue weighted by molar-refractivity contribution is 0.698. The molecule has 0 aliphatic carbocycles. The molecule has 2 aliphatic heterocycles. The molecule has 0 amide bonds. The highest BCUT2D eigenvalue weighted by Gasteiger charge is 2.36. The second kappa shape index (κ2) is 4.11. The molecule has 2 aliphatic rings. The van der Waals surface area contributed by atoms with Crippen LogP contribution < -0.4 is 0 Å². The Morgan fingerprint density at radius 2 is 1.00 bits per heavy atom.